The van der Waals surface area contributed by atoms with Crippen LogP contribution in [0.2, 0.25) is 0 Å². The van der Waals surface area contributed by atoms with Crippen LogP contribution in [0.25, 0.3) is 0 Å². The average Bonchev–Trinajstić information content (AvgIpc) is 2.01. The molecule has 0 aromatic heterocycles. The van der Waals surface area contributed by atoms with Crippen molar-refractivity contribution in [2.45, 2.75) is 6.92 Å². The second-order valence-corrected chi connectivity index (χ2v) is 3.55. The van der Waals surface area contributed by atoms with Gasteiger partial charge in [0.1, 0.15) is 11.5 Å². The summed E-state index contributed by atoms with van der Waals surface area (Å²) in [5, 5.41) is 0. The Bertz CT molecular complexity index is 321. The van der Waals surface area contributed by atoms with Crippen LogP contribution in [0.5, 0.6) is 11.5 Å². The topological polar surface area (TPSA) is 18.5 Å². The molecule has 0 saturated carbocycles. The van der Waals surface area contributed by atoms with Crippen molar-refractivity contribution in [3.05, 3.63) is 35.0 Å². The van der Waals surface area contributed by atoms with E-state index in [1.54, 1.807) is 20.1 Å². The molecule has 0 aliphatic heterocycles. The van der Waals surface area contributed by atoms with Gasteiger partial charge in [0.15, 0.2) is 0 Å². The Morgan fingerprint density at radius 1 is 1.31 bits per heavy atom. The SMILES string of the molecule is C=C(C)Oc1cc(Br)cc(OC)c1. The predicted octanol–water partition coefficient (Wildman–Crippen LogP) is 3.37. The van der Waals surface area contributed by atoms with Gasteiger partial charge in [-0.3, -0.25) is 0 Å². The summed E-state index contributed by atoms with van der Waals surface area (Å²) in [6.45, 7) is 5.46. The number of halogens is 1. The van der Waals surface area contributed by atoms with Crippen LogP contribution < -0.4 is 9.47 Å². The van der Waals surface area contributed by atoms with E-state index >= 15 is 0 Å². The summed E-state index contributed by atoms with van der Waals surface area (Å²) in [6.07, 6.45) is 0. The van der Waals surface area contributed by atoms with E-state index in [4.69, 9.17) is 9.47 Å². The van der Waals surface area contributed by atoms with Gasteiger partial charge in [-0.1, -0.05) is 22.5 Å². The van der Waals surface area contributed by atoms with E-state index in [1.807, 2.05) is 12.1 Å². The molecular weight excluding hydrogens is 232 g/mol. The largest absolute Gasteiger partial charge is 0.497 e. The molecule has 70 valence electrons. The summed E-state index contributed by atoms with van der Waals surface area (Å²) in [6, 6.07) is 5.53. The summed E-state index contributed by atoms with van der Waals surface area (Å²) in [5.41, 5.74) is 0. The van der Waals surface area contributed by atoms with Crippen molar-refractivity contribution in [3.8, 4) is 11.5 Å². The van der Waals surface area contributed by atoms with Gasteiger partial charge in [0.25, 0.3) is 0 Å². The summed E-state index contributed by atoms with van der Waals surface area (Å²) < 4.78 is 11.3. The summed E-state index contributed by atoms with van der Waals surface area (Å²) >= 11 is 3.35. The molecule has 3 heteroatoms. The molecule has 0 bridgehead atoms. The molecule has 0 fully saturated rings. The fraction of sp³-hybridized carbons (Fsp3) is 0.200. The van der Waals surface area contributed by atoms with Gasteiger partial charge in [0.05, 0.1) is 12.9 Å². The van der Waals surface area contributed by atoms with Gasteiger partial charge >= 0.3 is 0 Å². The van der Waals surface area contributed by atoms with Crippen molar-refractivity contribution < 1.29 is 9.47 Å². The zero-order chi connectivity index (χ0) is 9.84. The normalized spacial score (nSPS) is 9.46. The summed E-state index contributed by atoms with van der Waals surface area (Å²) in [4.78, 5) is 0. The molecule has 1 aromatic carbocycles. The lowest BCUT2D eigenvalue weighted by Crippen LogP contribution is -1.90. The van der Waals surface area contributed by atoms with Gasteiger partial charge in [0, 0.05) is 10.5 Å². The fourth-order valence-corrected chi connectivity index (χ4v) is 1.37. The number of rotatable bonds is 3. The van der Waals surface area contributed by atoms with Crippen LogP contribution in [0.4, 0.5) is 0 Å². The third-order valence-corrected chi connectivity index (χ3v) is 1.83. The van der Waals surface area contributed by atoms with Crippen LogP contribution in [-0.4, -0.2) is 7.11 Å². The average molecular weight is 243 g/mol. The Hall–Kier alpha value is -0.960. The number of hydrogen-bond donors (Lipinski definition) is 0. The van der Waals surface area contributed by atoms with Crippen molar-refractivity contribution in [2.75, 3.05) is 7.11 Å². The third kappa shape index (κ3) is 3.11. The number of methoxy groups -OCH3 is 1. The van der Waals surface area contributed by atoms with E-state index in [9.17, 15) is 0 Å². The number of benzene rings is 1. The minimum absolute atomic E-state index is 0.653. The molecular formula is C10H11BrO2. The molecule has 1 rings (SSSR count). The first-order chi connectivity index (χ1) is 6.11. The summed E-state index contributed by atoms with van der Waals surface area (Å²) in [7, 11) is 1.62. The first-order valence-corrected chi connectivity index (χ1v) is 4.59. The maximum atomic E-state index is 5.33. The van der Waals surface area contributed by atoms with E-state index in [-0.39, 0.29) is 0 Å². The maximum Gasteiger partial charge on any atom is 0.131 e. The van der Waals surface area contributed by atoms with E-state index in [0.29, 0.717) is 5.76 Å². The smallest absolute Gasteiger partial charge is 0.131 e. The van der Waals surface area contributed by atoms with Crippen molar-refractivity contribution in [1.82, 2.24) is 0 Å². The Balaban J connectivity index is 2.94. The molecule has 0 saturated heterocycles. The molecule has 1 aromatic rings. The van der Waals surface area contributed by atoms with Gasteiger partial charge in [-0.25, -0.2) is 0 Å². The molecule has 0 heterocycles. The van der Waals surface area contributed by atoms with Crippen LogP contribution >= 0.6 is 15.9 Å². The van der Waals surface area contributed by atoms with Gasteiger partial charge in [-0.05, 0) is 19.1 Å². The molecule has 0 spiro atoms. The van der Waals surface area contributed by atoms with Crippen LogP contribution in [-0.2, 0) is 0 Å². The van der Waals surface area contributed by atoms with Gasteiger partial charge in [-0.15, -0.1) is 0 Å². The van der Waals surface area contributed by atoms with Crippen LogP contribution in [0, 0.1) is 0 Å². The molecule has 0 aliphatic carbocycles. The highest BCUT2D eigenvalue weighted by Gasteiger charge is 2.00. The lowest BCUT2D eigenvalue weighted by molar-refractivity contribution is 0.400. The Kier molecular flexibility index (Phi) is 3.37. The zero-order valence-corrected chi connectivity index (χ0v) is 9.22. The molecule has 0 N–H and O–H groups in total. The Morgan fingerprint density at radius 3 is 2.46 bits per heavy atom. The minimum Gasteiger partial charge on any atom is -0.497 e. The monoisotopic (exact) mass is 242 g/mol. The second-order valence-electron chi connectivity index (χ2n) is 2.63. The molecule has 0 radical (unpaired) electrons. The minimum atomic E-state index is 0.653. The van der Waals surface area contributed by atoms with E-state index in [1.165, 1.54) is 0 Å². The van der Waals surface area contributed by atoms with Gasteiger partial charge in [0.2, 0.25) is 0 Å². The fourth-order valence-electron chi connectivity index (χ4n) is 0.915. The first-order valence-electron chi connectivity index (χ1n) is 3.80. The van der Waals surface area contributed by atoms with Crippen molar-refractivity contribution >= 4 is 15.9 Å². The predicted molar refractivity (Wildman–Crippen MR) is 56.1 cm³/mol. The summed E-state index contributed by atoms with van der Waals surface area (Å²) in [5.74, 6) is 2.13. The highest BCUT2D eigenvalue weighted by molar-refractivity contribution is 9.10. The lowest BCUT2D eigenvalue weighted by atomic mass is 10.3. The molecule has 0 amide bonds. The van der Waals surface area contributed by atoms with Crippen molar-refractivity contribution in [2.24, 2.45) is 0 Å². The van der Waals surface area contributed by atoms with Crippen LogP contribution in [0.3, 0.4) is 0 Å². The highest BCUT2D eigenvalue weighted by Crippen LogP contribution is 2.26. The zero-order valence-electron chi connectivity index (χ0n) is 7.63. The van der Waals surface area contributed by atoms with Crippen LogP contribution in [0.15, 0.2) is 35.0 Å². The van der Waals surface area contributed by atoms with Gasteiger partial charge in [-0.2, -0.15) is 0 Å². The number of ether oxygens (including phenoxy) is 2. The molecule has 0 unspecified atom stereocenters. The highest BCUT2D eigenvalue weighted by atomic mass is 79.9. The Labute approximate surface area is 86.3 Å². The quantitative estimate of drug-likeness (QED) is 0.757. The van der Waals surface area contributed by atoms with E-state index in [0.717, 1.165) is 16.0 Å². The third-order valence-electron chi connectivity index (χ3n) is 1.37. The first kappa shape index (κ1) is 10.1. The molecule has 0 aliphatic rings. The molecule has 13 heavy (non-hydrogen) atoms. The molecule has 0 atom stereocenters. The van der Waals surface area contributed by atoms with E-state index in [2.05, 4.69) is 22.5 Å². The van der Waals surface area contributed by atoms with Gasteiger partial charge < -0.3 is 9.47 Å². The second kappa shape index (κ2) is 4.33. The van der Waals surface area contributed by atoms with Crippen molar-refractivity contribution in [1.29, 1.82) is 0 Å². The molecule has 2 nitrogen and oxygen atoms in total. The van der Waals surface area contributed by atoms with E-state index < -0.39 is 0 Å². The van der Waals surface area contributed by atoms with Crippen molar-refractivity contribution in [3.63, 3.8) is 0 Å². The Morgan fingerprint density at radius 2 is 1.92 bits per heavy atom. The number of hydrogen-bond acceptors (Lipinski definition) is 2. The number of allylic oxidation sites excluding steroid dienone is 1. The van der Waals surface area contributed by atoms with Crippen LogP contribution in [0.1, 0.15) is 6.92 Å². The maximum absolute atomic E-state index is 5.33. The lowest BCUT2D eigenvalue weighted by Gasteiger charge is -2.07. The standard InChI is InChI=1S/C10H11BrO2/c1-7(2)13-10-5-8(11)4-9(6-10)12-3/h4-6H,1H2,2-3H3.